The first-order valence-electron chi connectivity index (χ1n) is 10.8. The number of carbonyl (C=O) groups excluding carboxylic acids is 2. The van der Waals surface area contributed by atoms with Crippen molar-refractivity contribution in [1.82, 2.24) is 0 Å². The molecular formula is C25H28BrClO3. The molecule has 4 rings (SSSR count). The van der Waals surface area contributed by atoms with Crippen LogP contribution in [0.15, 0.2) is 52.6 Å². The van der Waals surface area contributed by atoms with Crippen molar-refractivity contribution in [2.45, 2.75) is 63.3 Å². The SMILES string of the molecule is C/C(Cl)=C/CC1=C2[C@@H](CCC1=O)[C@@H]1CC[C@H](OC(=O)c3ccccc3)[C@@]1(C)C[C@@H]2Br. The second kappa shape index (κ2) is 8.63. The fraction of sp³-hybridized carbons (Fsp3) is 0.520. The van der Waals surface area contributed by atoms with Gasteiger partial charge in [-0.15, -0.1) is 0 Å². The van der Waals surface area contributed by atoms with Gasteiger partial charge in [0.05, 0.1) is 5.56 Å². The first kappa shape index (κ1) is 21.8. The van der Waals surface area contributed by atoms with Gasteiger partial charge in [0.15, 0.2) is 5.78 Å². The Morgan fingerprint density at radius 1 is 1.27 bits per heavy atom. The third-order valence-corrected chi connectivity index (χ3v) is 8.35. The molecular weight excluding hydrogens is 464 g/mol. The number of allylic oxidation sites excluding steroid dienone is 4. The van der Waals surface area contributed by atoms with Gasteiger partial charge in [0.25, 0.3) is 0 Å². The van der Waals surface area contributed by atoms with Crippen LogP contribution in [0.3, 0.4) is 0 Å². The molecule has 0 aliphatic heterocycles. The number of ether oxygens (including phenoxy) is 1. The predicted molar refractivity (Wildman–Crippen MR) is 123 cm³/mol. The second-order valence-corrected chi connectivity index (χ2v) is 10.8. The molecule has 0 spiro atoms. The van der Waals surface area contributed by atoms with Crippen molar-refractivity contribution < 1.29 is 14.3 Å². The van der Waals surface area contributed by atoms with Gasteiger partial charge in [0, 0.05) is 21.7 Å². The number of fused-ring (bicyclic) bond motifs is 3. The topological polar surface area (TPSA) is 43.4 Å². The van der Waals surface area contributed by atoms with Crippen LogP contribution in [-0.2, 0) is 9.53 Å². The summed E-state index contributed by atoms with van der Waals surface area (Å²) in [6.45, 7) is 4.13. The monoisotopic (exact) mass is 490 g/mol. The van der Waals surface area contributed by atoms with Gasteiger partial charge in [-0.1, -0.05) is 58.7 Å². The Morgan fingerprint density at radius 2 is 2.00 bits per heavy atom. The van der Waals surface area contributed by atoms with E-state index in [1.165, 1.54) is 5.57 Å². The third-order valence-electron chi connectivity index (χ3n) is 7.38. The summed E-state index contributed by atoms with van der Waals surface area (Å²) >= 11 is 9.96. The van der Waals surface area contributed by atoms with E-state index in [4.69, 9.17) is 16.3 Å². The summed E-state index contributed by atoms with van der Waals surface area (Å²) in [5.41, 5.74) is 2.74. The minimum atomic E-state index is -0.239. The zero-order valence-corrected chi connectivity index (χ0v) is 19.8. The molecule has 160 valence electrons. The smallest absolute Gasteiger partial charge is 0.338 e. The molecule has 1 aromatic carbocycles. The highest BCUT2D eigenvalue weighted by Crippen LogP contribution is 2.61. The van der Waals surface area contributed by atoms with Crippen LogP contribution in [0.2, 0.25) is 0 Å². The largest absolute Gasteiger partial charge is 0.458 e. The number of carbonyl (C=O) groups is 2. The number of rotatable bonds is 4. The molecule has 0 radical (unpaired) electrons. The molecule has 3 nitrogen and oxygen atoms in total. The Hall–Kier alpha value is -1.39. The minimum absolute atomic E-state index is 0.0868. The van der Waals surface area contributed by atoms with Crippen LogP contribution in [0.4, 0.5) is 0 Å². The van der Waals surface area contributed by atoms with E-state index in [1.54, 1.807) is 12.1 Å². The summed E-state index contributed by atoms with van der Waals surface area (Å²) in [5.74, 6) is 0.815. The average molecular weight is 492 g/mol. The van der Waals surface area contributed by atoms with Gasteiger partial charge in [0.2, 0.25) is 0 Å². The predicted octanol–water partition coefficient (Wildman–Crippen LogP) is 6.60. The fourth-order valence-electron chi connectivity index (χ4n) is 5.93. The molecule has 0 bridgehead atoms. The molecule has 0 N–H and O–H groups in total. The van der Waals surface area contributed by atoms with E-state index in [0.717, 1.165) is 36.3 Å². The van der Waals surface area contributed by atoms with Crippen LogP contribution in [0, 0.1) is 17.3 Å². The van der Waals surface area contributed by atoms with Gasteiger partial charge in [-0.25, -0.2) is 4.79 Å². The maximum atomic E-state index is 12.7. The van der Waals surface area contributed by atoms with Crippen LogP contribution < -0.4 is 0 Å². The van der Waals surface area contributed by atoms with Crippen LogP contribution >= 0.6 is 27.5 Å². The first-order chi connectivity index (χ1) is 14.3. The Morgan fingerprint density at radius 3 is 2.70 bits per heavy atom. The van der Waals surface area contributed by atoms with E-state index < -0.39 is 0 Å². The zero-order chi connectivity index (χ0) is 21.5. The van der Waals surface area contributed by atoms with Crippen molar-refractivity contribution in [2.24, 2.45) is 17.3 Å². The number of esters is 1. The Labute approximate surface area is 192 Å². The maximum absolute atomic E-state index is 12.7. The van der Waals surface area contributed by atoms with E-state index in [1.807, 2.05) is 31.2 Å². The second-order valence-electron chi connectivity index (χ2n) is 9.12. The first-order valence-corrected chi connectivity index (χ1v) is 12.1. The lowest BCUT2D eigenvalue weighted by Crippen LogP contribution is -2.47. The Bertz CT molecular complexity index is 902. The van der Waals surface area contributed by atoms with E-state index >= 15 is 0 Å². The Kier molecular flexibility index (Phi) is 6.28. The van der Waals surface area contributed by atoms with Gasteiger partial charge >= 0.3 is 5.97 Å². The summed E-state index contributed by atoms with van der Waals surface area (Å²) in [6.07, 6.45) is 6.73. The number of ketones is 1. The van der Waals surface area contributed by atoms with Gasteiger partial charge in [0.1, 0.15) is 6.10 Å². The van der Waals surface area contributed by atoms with Crippen LogP contribution in [0.1, 0.15) is 62.7 Å². The van der Waals surface area contributed by atoms with Crippen LogP contribution in [0.5, 0.6) is 0 Å². The van der Waals surface area contributed by atoms with E-state index in [0.29, 0.717) is 30.2 Å². The molecule has 0 unspecified atom stereocenters. The van der Waals surface area contributed by atoms with E-state index in [-0.39, 0.29) is 28.1 Å². The number of Topliss-reactive ketones (excluding diaryl/α,β-unsaturated/α-hetero) is 1. The van der Waals surface area contributed by atoms with Gasteiger partial charge in [-0.05, 0) is 74.1 Å². The normalized spacial score (nSPS) is 33.9. The van der Waals surface area contributed by atoms with E-state index in [2.05, 4.69) is 22.9 Å². The molecule has 1 aromatic rings. The minimum Gasteiger partial charge on any atom is -0.458 e. The lowest BCUT2D eigenvalue weighted by atomic mass is 9.58. The number of halogens is 2. The van der Waals surface area contributed by atoms with Crippen molar-refractivity contribution in [3.05, 3.63) is 58.1 Å². The van der Waals surface area contributed by atoms with Crippen molar-refractivity contribution in [1.29, 1.82) is 0 Å². The fourth-order valence-corrected chi connectivity index (χ4v) is 7.32. The molecule has 2 fully saturated rings. The number of hydrogen-bond acceptors (Lipinski definition) is 3. The summed E-state index contributed by atoms with van der Waals surface area (Å²) in [6, 6.07) is 9.23. The summed E-state index contributed by atoms with van der Waals surface area (Å²) in [7, 11) is 0. The lowest BCUT2D eigenvalue weighted by Gasteiger charge is -2.49. The molecule has 30 heavy (non-hydrogen) atoms. The summed E-state index contributed by atoms with van der Waals surface area (Å²) in [4.78, 5) is 25.6. The van der Waals surface area contributed by atoms with E-state index in [9.17, 15) is 9.59 Å². The van der Waals surface area contributed by atoms with Crippen molar-refractivity contribution >= 4 is 39.3 Å². The van der Waals surface area contributed by atoms with Crippen molar-refractivity contribution in [2.75, 3.05) is 0 Å². The molecule has 3 aliphatic rings. The third kappa shape index (κ3) is 3.93. The lowest BCUT2D eigenvalue weighted by molar-refractivity contribution is -0.117. The molecule has 5 atom stereocenters. The molecule has 0 amide bonds. The molecule has 0 saturated heterocycles. The number of hydrogen-bond donors (Lipinski definition) is 0. The number of benzene rings is 1. The summed E-state index contributed by atoms with van der Waals surface area (Å²) < 4.78 is 6.06. The van der Waals surface area contributed by atoms with Gasteiger partial charge in [-0.2, -0.15) is 0 Å². The average Bonchev–Trinajstić information content (AvgIpc) is 3.03. The molecule has 5 heteroatoms. The van der Waals surface area contributed by atoms with Crippen LogP contribution in [-0.4, -0.2) is 22.7 Å². The Balaban J connectivity index is 1.61. The standard InChI is InChI=1S/C25H28BrClO3/c1-15(27)8-9-18-21(28)12-10-17-19-11-13-22(25(19,2)14-20(26)23(17)18)30-24(29)16-6-4-3-5-7-16/h3-8,17,19-20,22H,9-14H2,1-2H3/b15-8-/t17-,19-,20-,22-,25-/m0/s1. The van der Waals surface area contributed by atoms with Gasteiger partial charge in [-0.3, -0.25) is 4.79 Å². The van der Waals surface area contributed by atoms with Crippen LogP contribution in [0.25, 0.3) is 0 Å². The molecule has 0 aromatic heterocycles. The zero-order valence-electron chi connectivity index (χ0n) is 17.5. The molecule has 3 aliphatic carbocycles. The van der Waals surface area contributed by atoms with Crippen molar-refractivity contribution in [3.8, 4) is 0 Å². The number of alkyl halides is 1. The summed E-state index contributed by atoms with van der Waals surface area (Å²) in [5, 5.41) is 0.721. The highest BCUT2D eigenvalue weighted by atomic mass is 79.9. The maximum Gasteiger partial charge on any atom is 0.338 e. The van der Waals surface area contributed by atoms with Gasteiger partial charge < -0.3 is 4.74 Å². The molecule has 0 heterocycles. The highest BCUT2D eigenvalue weighted by molar-refractivity contribution is 9.09. The molecule has 2 saturated carbocycles. The van der Waals surface area contributed by atoms with Crippen molar-refractivity contribution in [3.63, 3.8) is 0 Å². The quantitative estimate of drug-likeness (QED) is 0.352. The highest BCUT2D eigenvalue weighted by Gasteiger charge is 2.57.